The van der Waals surface area contributed by atoms with E-state index in [4.69, 9.17) is 27.9 Å². The number of nitro groups is 1. The summed E-state index contributed by atoms with van der Waals surface area (Å²) < 4.78 is 21.9. The number of halogens is 2. The maximum Gasteiger partial charge on any atom is 0.365 e. The van der Waals surface area contributed by atoms with Gasteiger partial charge in [0.15, 0.2) is 0 Å². The van der Waals surface area contributed by atoms with Crippen molar-refractivity contribution in [2.45, 2.75) is 44.4 Å². The Morgan fingerprint density at radius 1 is 1.31 bits per heavy atom. The first kappa shape index (κ1) is 27.5. The molecule has 0 amide bonds. The number of nitrogens with one attached hydrogen (secondary N) is 1. The van der Waals surface area contributed by atoms with Crippen molar-refractivity contribution in [3.8, 4) is 5.75 Å². The first-order valence-corrected chi connectivity index (χ1v) is 13.2. The third-order valence-electron chi connectivity index (χ3n) is 5.78. The van der Waals surface area contributed by atoms with Gasteiger partial charge in [-0.2, -0.15) is 0 Å². The molecule has 2 aromatic rings. The van der Waals surface area contributed by atoms with E-state index < -0.39 is 21.0 Å². The van der Waals surface area contributed by atoms with Crippen LogP contribution in [0.5, 0.6) is 5.75 Å². The van der Waals surface area contributed by atoms with Crippen LogP contribution in [0.15, 0.2) is 43.0 Å². The van der Waals surface area contributed by atoms with E-state index in [-0.39, 0.29) is 24.4 Å². The van der Waals surface area contributed by atoms with Gasteiger partial charge in [-0.1, -0.05) is 35.9 Å². The van der Waals surface area contributed by atoms with Crippen molar-refractivity contribution in [2.75, 3.05) is 24.6 Å². The van der Waals surface area contributed by atoms with E-state index in [1.807, 2.05) is 25.7 Å². The molecule has 190 valence electrons. The van der Waals surface area contributed by atoms with E-state index in [9.17, 15) is 14.7 Å². The Labute approximate surface area is 219 Å². The molecule has 1 aromatic heterocycles. The van der Waals surface area contributed by atoms with E-state index in [0.29, 0.717) is 34.7 Å². The highest BCUT2D eigenvalue weighted by molar-refractivity contribution is 7.90. The van der Waals surface area contributed by atoms with Crippen LogP contribution in [0.3, 0.4) is 0 Å². The van der Waals surface area contributed by atoms with E-state index >= 15 is 0 Å². The van der Waals surface area contributed by atoms with Gasteiger partial charge in [0.1, 0.15) is 17.1 Å². The molecule has 0 spiro atoms. The summed E-state index contributed by atoms with van der Waals surface area (Å²) in [5.41, 5.74) is 0.783. The number of hydrogen-bond donors (Lipinski definition) is 1. The van der Waals surface area contributed by atoms with Crippen LogP contribution in [0.25, 0.3) is 0 Å². The Morgan fingerprint density at radius 2 is 1.97 bits per heavy atom. The number of anilines is 1. The Balaban J connectivity index is 1.89. The highest BCUT2D eigenvalue weighted by atomic mass is 35.5. The van der Waals surface area contributed by atoms with Crippen molar-refractivity contribution < 1.29 is 14.2 Å². The van der Waals surface area contributed by atoms with Crippen LogP contribution < -0.4 is 14.4 Å². The monoisotopic (exact) mass is 540 g/mol. The lowest BCUT2D eigenvalue weighted by Gasteiger charge is -2.37. The zero-order valence-corrected chi connectivity index (χ0v) is 22.3. The standard InChI is InChI=1S/C24H30Cl2N4O4S/c1-5-13-34-20-15-19(26)18(25)14-17(20)23(28-35(33)24(2,3)4)16-9-11-29(12-10-16)21-7-6-8-22(27-21)30(31)32/h5-8,14-16,23,28H,1,9-13H2,2-4H3/t23?,35-/m0/s1. The normalized spacial score (nSPS) is 16.6. The lowest BCUT2D eigenvalue weighted by atomic mass is 9.85. The molecule has 8 nitrogen and oxygen atoms in total. The quantitative estimate of drug-likeness (QED) is 0.183. The lowest BCUT2D eigenvalue weighted by molar-refractivity contribution is -0.389. The number of ether oxygens (including phenoxy) is 1. The number of pyridine rings is 1. The van der Waals surface area contributed by atoms with Gasteiger partial charge in [0, 0.05) is 48.2 Å². The molecule has 1 fully saturated rings. The minimum absolute atomic E-state index is 0.0968. The van der Waals surface area contributed by atoms with Gasteiger partial charge in [0.25, 0.3) is 0 Å². The minimum Gasteiger partial charge on any atom is -0.598 e. The molecule has 2 heterocycles. The average molecular weight is 542 g/mol. The van der Waals surface area contributed by atoms with Crippen LogP contribution in [0.4, 0.5) is 11.6 Å². The fourth-order valence-corrected chi connectivity index (χ4v) is 5.15. The summed E-state index contributed by atoms with van der Waals surface area (Å²) in [6.07, 6.45) is 3.13. The van der Waals surface area contributed by atoms with Crippen molar-refractivity contribution in [1.29, 1.82) is 0 Å². The number of benzene rings is 1. The number of piperidine rings is 1. The van der Waals surface area contributed by atoms with Gasteiger partial charge in [0.05, 0.1) is 16.1 Å². The molecule has 1 aliphatic rings. The third-order valence-corrected chi connectivity index (χ3v) is 8.08. The van der Waals surface area contributed by atoms with Gasteiger partial charge >= 0.3 is 5.82 Å². The zero-order chi connectivity index (χ0) is 25.8. The van der Waals surface area contributed by atoms with Gasteiger partial charge in [-0.25, -0.2) is 0 Å². The van der Waals surface area contributed by atoms with Gasteiger partial charge in [0.2, 0.25) is 5.82 Å². The summed E-state index contributed by atoms with van der Waals surface area (Å²) in [4.78, 5) is 16.8. The lowest BCUT2D eigenvalue weighted by Crippen LogP contribution is -2.46. The maximum atomic E-state index is 13.2. The van der Waals surface area contributed by atoms with Gasteiger partial charge in [-0.15, -0.1) is 4.72 Å². The molecule has 2 atom stereocenters. The second kappa shape index (κ2) is 11.8. The summed E-state index contributed by atoms with van der Waals surface area (Å²) in [5, 5.41) is 11.9. The van der Waals surface area contributed by atoms with Gasteiger partial charge in [-0.3, -0.25) is 0 Å². The predicted molar refractivity (Wildman–Crippen MR) is 142 cm³/mol. The van der Waals surface area contributed by atoms with Crippen LogP contribution in [0.2, 0.25) is 10.0 Å². The minimum atomic E-state index is -1.35. The summed E-state index contributed by atoms with van der Waals surface area (Å²) in [6.45, 7) is 11.0. The predicted octanol–water partition coefficient (Wildman–Crippen LogP) is 5.87. The number of rotatable bonds is 9. The largest absolute Gasteiger partial charge is 0.598 e. The Hall–Kier alpha value is -2.04. The molecule has 1 saturated heterocycles. The van der Waals surface area contributed by atoms with Crippen molar-refractivity contribution in [3.63, 3.8) is 0 Å². The smallest absolute Gasteiger partial charge is 0.365 e. The van der Waals surface area contributed by atoms with Crippen LogP contribution >= 0.6 is 23.2 Å². The number of aromatic nitrogens is 1. The Kier molecular flexibility index (Phi) is 9.28. The molecule has 0 bridgehead atoms. The molecule has 0 saturated carbocycles. The summed E-state index contributed by atoms with van der Waals surface area (Å²) in [5.74, 6) is 1.06. The van der Waals surface area contributed by atoms with E-state index in [1.165, 1.54) is 6.07 Å². The van der Waals surface area contributed by atoms with Gasteiger partial charge < -0.3 is 24.3 Å². The van der Waals surface area contributed by atoms with Crippen LogP contribution in [-0.4, -0.2) is 38.9 Å². The second-order valence-corrected chi connectivity index (χ2v) is 12.1. The first-order valence-electron chi connectivity index (χ1n) is 11.3. The maximum absolute atomic E-state index is 13.2. The highest BCUT2D eigenvalue weighted by Crippen LogP contribution is 2.41. The van der Waals surface area contributed by atoms with Crippen molar-refractivity contribution in [2.24, 2.45) is 5.92 Å². The summed E-state index contributed by atoms with van der Waals surface area (Å²) in [6, 6.07) is 7.94. The van der Waals surface area contributed by atoms with Crippen molar-refractivity contribution in [1.82, 2.24) is 9.71 Å². The molecule has 3 rings (SSSR count). The average Bonchev–Trinajstić information content (AvgIpc) is 2.82. The molecular formula is C24H30Cl2N4O4S. The van der Waals surface area contributed by atoms with E-state index in [0.717, 1.165) is 18.4 Å². The van der Waals surface area contributed by atoms with Gasteiger partial charge in [-0.05, 0) is 61.6 Å². The topological polar surface area (TPSA) is 104 Å². The van der Waals surface area contributed by atoms with Crippen molar-refractivity contribution in [3.05, 3.63) is 68.7 Å². The Bertz CT molecular complexity index is 1060. The van der Waals surface area contributed by atoms with Crippen LogP contribution in [-0.2, 0) is 11.4 Å². The molecule has 1 unspecified atom stereocenters. The molecule has 1 aromatic carbocycles. The first-order chi connectivity index (χ1) is 16.5. The molecule has 35 heavy (non-hydrogen) atoms. The zero-order valence-electron chi connectivity index (χ0n) is 20.0. The number of nitrogens with zero attached hydrogens (tertiary/aromatic N) is 3. The third kappa shape index (κ3) is 7.01. The molecule has 1 N–H and O–H groups in total. The molecule has 1 aliphatic heterocycles. The number of hydrogen-bond acceptors (Lipinski definition) is 7. The van der Waals surface area contributed by atoms with Crippen LogP contribution in [0.1, 0.15) is 45.2 Å². The van der Waals surface area contributed by atoms with Crippen LogP contribution in [0, 0.1) is 16.0 Å². The second-order valence-electron chi connectivity index (χ2n) is 9.32. The SMILES string of the molecule is C=CCOc1cc(Cl)c(Cl)cc1C(N[S@@+]([O-])C(C)(C)C)C1CCN(c2cccc([N+](=O)[O-])n2)CC1. The molecule has 11 heteroatoms. The summed E-state index contributed by atoms with van der Waals surface area (Å²) >= 11 is 11.3. The highest BCUT2D eigenvalue weighted by Gasteiger charge is 2.37. The Morgan fingerprint density at radius 3 is 2.57 bits per heavy atom. The fraction of sp³-hybridized carbons (Fsp3) is 0.458. The van der Waals surface area contributed by atoms with E-state index in [2.05, 4.69) is 16.3 Å². The molecule has 0 aliphatic carbocycles. The van der Waals surface area contributed by atoms with E-state index in [1.54, 1.807) is 30.3 Å². The van der Waals surface area contributed by atoms with Crippen molar-refractivity contribution >= 4 is 46.2 Å². The molecular weight excluding hydrogens is 511 g/mol. The summed E-state index contributed by atoms with van der Waals surface area (Å²) in [7, 11) is 0. The molecule has 0 radical (unpaired) electrons. The fourth-order valence-electron chi connectivity index (χ4n) is 3.92.